The molecule has 0 aliphatic rings. The van der Waals surface area contributed by atoms with E-state index in [0.717, 1.165) is 12.1 Å². The van der Waals surface area contributed by atoms with Gasteiger partial charge in [-0.15, -0.1) is 0 Å². The molecule has 0 fully saturated rings. The number of carbonyl (C=O) groups is 2. The summed E-state index contributed by atoms with van der Waals surface area (Å²) in [5.41, 5.74) is -2.07. The van der Waals surface area contributed by atoms with Gasteiger partial charge in [0.2, 0.25) is 0 Å². The van der Waals surface area contributed by atoms with Crippen molar-refractivity contribution in [2.24, 2.45) is 0 Å². The molecule has 1 aromatic carbocycles. The molecular weight excluding hydrogens is 315 g/mol. The lowest BCUT2D eigenvalue weighted by atomic mass is 9.98. The quantitative estimate of drug-likeness (QED) is 0.886. The number of rotatable bonds is 4. The maximum atomic E-state index is 13.1. The number of benzene rings is 1. The van der Waals surface area contributed by atoms with Crippen molar-refractivity contribution >= 4 is 12.1 Å². The van der Waals surface area contributed by atoms with Crippen LogP contribution in [0.3, 0.4) is 0 Å². The summed E-state index contributed by atoms with van der Waals surface area (Å²) >= 11 is 0. The van der Waals surface area contributed by atoms with E-state index in [1.807, 2.05) is 0 Å². The lowest BCUT2D eigenvalue weighted by molar-refractivity contribution is -0.139. The Morgan fingerprint density at radius 1 is 1.22 bits per heavy atom. The van der Waals surface area contributed by atoms with E-state index in [2.05, 4.69) is 5.32 Å². The zero-order valence-corrected chi connectivity index (χ0v) is 13.0. The summed E-state index contributed by atoms with van der Waals surface area (Å²) in [6.07, 6.45) is -6.11. The van der Waals surface area contributed by atoms with Gasteiger partial charge in [0.25, 0.3) is 0 Å². The summed E-state index contributed by atoms with van der Waals surface area (Å²) in [4.78, 5) is 22.4. The average molecular weight is 333 g/mol. The van der Waals surface area contributed by atoms with Crippen LogP contribution in [-0.2, 0) is 28.7 Å². The summed E-state index contributed by atoms with van der Waals surface area (Å²) in [6, 6.07) is 3.27. The number of hydrogen-bond acceptors (Lipinski definition) is 3. The van der Waals surface area contributed by atoms with Crippen molar-refractivity contribution < 1.29 is 32.6 Å². The Bertz CT molecular complexity index is 591. The van der Waals surface area contributed by atoms with Gasteiger partial charge in [-0.05, 0) is 38.0 Å². The van der Waals surface area contributed by atoms with Crippen molar-refractivity contribution in [2.75, 3.05) is 0 Å². The fourth-order valence-corrected chi connectivity index (χ4v) is 1.91. The third kappa shape index (κ3) is 6.17. The first kappa shape index (κ1) is 18.8. The lowest BCUT2D eigenvalue weighted by Gasteiger charge is -2.21. The number of aliphatic carboxylic acids is 1. The fraction of sp³-hybridized carbons (Fsp3) is 0.467. The summed E-state index contributed by atoms with van der Waals surface area (Å²) in [6.45, 7) is 4.37. The highest BCUT2D eigenvalue weighted by Gasteiger charge is 2.34. The van der Waals surface area contributed by atoms with E-state index in [4.69, 9.17) is 9.84 Å². The van der Waals surface area contributed by atoms with Crippen molar-refractivity contribution in [1.82, 2.24) is 5.32 Å². The van der Waals surface area contributed by atoms with Crippen LogP contribution in [0.1, 0.15) is 37.5 Å². The molecule has 23 heavy (non-hydrogen) atoms. The Labute approximate surface area is 131 Å². The number of ether oxygens (including phenoxy) is 1. The van der Waals surface area contributed by atoms with E-state index in [-0.39, 0.29) is 11.1 Å². The standard InChI is InChI=1S/C15H18F3NO4/c1-14(2,3)23-13(22)19-8-10-9(7-12(20)21)5-4-6-11(10)15(16,17)18/h4-6H,7-8H2,1-3H3,(H,19,22)(H,20,21). The van der Waals surface area contributed by atoms with Crippen LogP contribution in [0.4, 0.5) is 18.0 Å². The molecule has 0 saturated carbocycles. The Balaban J connectivity index is 3.06. The Morgan fingerprint density at radius 3 is 2.30 bits per heavy atom. The highest BCUT2D eigenvalue weighted by molar-refractivity contribution is 5.71. The van der Waals surface area contributed by atoms with Gasteiger partial charge in [-0.3, -0.25) is 4.79 Å². The SMILES string of the molecule is CC(C)(C)OC(=O)NCc1c(CC(=O)O)cccc1C(F)(F)F. The van der Waals surface area contributed by atoms with Crippen molar-refractivity contribution in [3.63, 3.8) is 0 Å². The topological polar surface area (TPSA) is 75.6 Å². The van der Waals surface area contributed by atoms with Crippen LogP contribution >= 0.6 is 0 Å². The van der Waals surface area contributed by atoms with Gasteiger partial charge < -0.3 is 15.2 Å². The summed E-state index contributed by atoms with van der Waals surface area (Å²) in [5.74, 6) is -1.26. The third-order valence-corrected chi connectivity index (χ3v) is 2.73. The zero-order chi connectivity index (χ0) is 17.8. The van der Waals surface area contributed by atoms with Crippen LogP contribution in [0.5, 0.6) is 0 Å². The van der Waals surface area contributed by atoms with E-state index in [1.54, 1.807) is 20.8 Å². The van der Waals surface area contributed by atoms with E-state index in [0.29, 0.717) is 0 Å². The van der Waals surface area contributed by atoms with Gasteiger partial charge in [-0.2, -0.15) is 13.2 Å². The predicted octanol–water partition coefficient (Wildman–Crippen LogP) is 3.36. The molecule has 0 radical (unpaired) electrons. The molecule has 0 aliphatic carbocycles. The summed E-state index contributed by atoms with van der Waals surface area (Å²) < 4.78 is 44.2. The molecule has 0 aliphatic heterocycles. The van der Waals surface area contributed by atoms with E-state index >= 15 is 0 Å². The number of carbonyl (C=O) groups excluding carboxylic acids is 1. The van der Waals surface area contributed by atoms with Gasteiger partial charge in [0.1, 0.15) is 5.60 Å². The van der Waals surface area contributed by atoms with Gasteiger partial charge in [0.15, 0.2) is 0 Å². The van der Waals surface area contributed by atoms with Crippen molar-refractivity contribution in [3.8, 4) is 0 Å². The van der Waals surface area contributed by atoms with Crippen LogP contribution < -0.4 is 5.32 Å². The van der Waals surface area contributed by atoms with Gasteiger partial charge >= 0.3 is 18.2 Å². The molecule has 0 saturated heterocycles. The molecule has 1 amide bonds. The average Bonchev–Trinajstić information content (AvgIpc) is 2.33. The normalized spacial score (nSPS) is 11.9. The zero-order valence-electron chi connectivity index (χ0n) is 13.0. The molecule has 0 atom stereocenters. The molecule has 5 nitrogen and oxygen atoms in total. The van der Waals surface area contributed by atoms with E-state index in [9.17, 15) is 22.8 Å². The highest BCUT2D eigenvalue weighted by Crippen LogP contribution is 2.33. The second-order valence-electron chi connectivity index (χ2n) is 5.87. The molecule has 0 bridgehead atoms. The first-order valence-electron chi connectivity index (χ1n) is 6.77. The molecule has 8 heteroatoms. The van der Waals surface area contributed by atoms with Crippen LogP contribution in [-0.4, -0.2) is 22.8 Å². The molecule has 2 N–H and O–H groups in total. The number of carboxylic acids is 1. The molecule has 0 aromatic heterocycles. The molecule has 128 valence electrons. The minimum absolute atomic E-state index is 0.0108. The smallest absolute Gasteiger partial charge is 0.416 e. The van der Waals surface area contributed by atoms with Crippen molar-refractivity contribution in [3.05, 3.63) is 34.9 Å². The first-order chi connectivity index (χ1) is 10.4. The number of carboxylic acid groups (broad SMARTS) is 1. The number of amides is 1. The second-order valence-corrected chi connectivity index (χ2v) is 5.87. The first-order valence-corrected chi connectivity index (χ1v) is 6.77. The summed E-state index contributed by atoms with van der Waals surface area (Å²) in [5, 5.41) is 11.0. The van der Waals surface area contributed by atoms with Gasteiger partial charge in [0.05, 0.1) is 12.0 Å². The molecule has 1 aromatic rings. The minimum atomic E-state index is -4.65. The number of alkyl halides is 3. The largest absolute Gasteiger partial charge is 0.481 e. The minimum Gasteiger partial charge on any atom is -0.481 e. The predicted molar refractivity (Wildman–Crippen MR) is 75.9 cm³/mol. The molecule has 1 rings (SSSR count). The maximum absolute atomic E-state index is 13.1. The highest BCUT2D eigenvalue weighted by atomic mass is 19.4. The molecule has 0 spiro atoms. The Morgan fingerprint density at radius 2 is 1.83 bits per heavy atom. The summed E-state index contributed by atoms with van der Waals surface area (Å²) in [7, 11) is 0. The fourth-order valence-electron chi connectivity index (χ4n) is 1.91. The van der Waals surface area contributed by atoms with Crippen molar-refractivity contribution in [1.29, 1.82) is 0 Å². The van der Waals surface area contributed by atoms with Gasteiger partial charge in [0, 0.05) is 6.54 Å². The van der Waals surface area contributed by atoms with E-state index < -0.39 is 42.4 Å². The van der Waals surface area contributed by atoms with Crippen LogP contribution in [0.25, 0.3) is 0 Å². The Kier molecular flexibility index (Phi) is 5.63. The molecular formula is C15H18F3NO4. The van der Waals surface area contributed by atoms with Crippen LogP contribution in [0, 0.1) is 0 Å². The van der Waals surface area contributed by atoms with Gasteiger partial charge in [-0.1, -0.05) is 12.1 Å². The Hall–Kier alpha value is -2.25. The maximum Gasteiger partial charge on any atom is 0.416 e. The third-order valence-electron chi connectivity index (χ3n) is 2.73. The number of nitrogens with one attached hydrogen (secondary N) is 1. The van der Waals surface area contributed by atoms with E-state index in [1.165, 1.54) is 6.07 Å². The second kappa shape index (κ2) is 6.89. The monoisotopic (exact) mass is 333 g/mol. The molecule has 0 unspecified atom stereocenters. The lowest BCUT2D eigenvalue weighted by Crippen LogP contribution is -2.33. The number of halogens is 3. The number of hydrogen-bond donors (Lipinski definition) is 2. The van der Waals surface area contributed by atoms with Crippen molar-refractivity contribution in [2.45, 2.75) is 45.5 Å². The molecule has 0 heterocycles. The van der Waals surface area contributed by atoms with Crippen LogP contribution in [0.15, 0.2) is 18.2 Å². The van der Waals surface area contributed by atoms with Crippen LogP contribution in [0.2, 0.25) is 0 Å². The van der Waals surface area contributed by atoms with Gasteiger partial charge in [-0.25, -0.2) is 4.79 Å². The number of alkyl carbamates (subject to hydrolysis) is 1.